The summed E-state index contributed by atoms with van der Waals surface area (Å²) in [5.41, 5.74) is 1.65. The lowest BCUT2D eigenvalue weighted by Gasteiger charge is -2.18. The first-order valence-electron chi connectivity index (χ1n) is 8.15. The van der Waals surface area contributed by atoms with Gasteiger partial charge in [0.05, 0.1) is 11.3 Å². The van der Waals surface area contributed by atoms with Crippen molar-refractivity contribution in [3.63, 3.8) is 0 Å². The third-order valence-electron chi connectivity index (χ3n) is 3.96. The fourth-order valence-electron chi connectivity index (χ4n) is 2.55. The second-order valence-electron chi connectivity index (χ2n) is 5.78. The summed E-state index contributed by atoms with van der Waals surface area (Å²) in [7, 11) is -2.09. The van der Waals surface area contributed by atoms with Gasteiger partial charge in [-0.05, 0) is 42.4 Å². The Morgan fingerprint density at radius 1 is 1.00 bits per heavy atom. The highest BCUT2D eigenvalue weighted by Gasteiger charge is 2.13. The smallest absolute Gasteiger partial charge is 0.240 e. The Morgan fingerprint density at radius 3 is 2.35 bits per heavy atom. The fraction of sp³-hybridized carbons (Fsp3) is 0.278. The normalized spacial score (nSPS) is 13.3. The van der Waals surface area contributed by atoms with Crippen molar-refractivity contribution in [2.75, 3.05) is 20.3 Å². The van der Waals surface area contributed by atoms with Crippen LogP contribution in [0.4, 0.5) is 0 Å². The molecule has 0 spiro atoms. The Labute approximate surface area is 152 Å². The highest BCUT2D eigenvalue weighted by atomic mass is 32.2. The quantitative estimate of drug-likeness (QED) is 0.791. The number of benzene rings is 2. The Kier molecular flexibility index (Phi) is 5.43. The van der Waals surface area contributed by atoms with Gasteiger partial charge in [-0.1, -0.05) is 18.2 Å². The predicted molar refractivity (Wildman–Crippen MR) is 95.7 cm³/mol. The van der Waals surface area contributed by atoms with Gasteiger partial charge in [-0.15, -0.1) is 0 Å². The maximum atomic E-state index is 12.1. The van der Waals surface area contributed by atoms with E-state index in [0.717, 1.165) is 11.1 Å². The summed E-state index contributed by atoms with van der Waals surface area (Å²) in [4.78, 5) is 12.3. The number of ether oxygens (including phenoxy) is 2. The number of hydrogen-bond acceptors (Lipinski definition) is 5. The molecule has 0 aliphatic carbocycles. The zero-order valence-electron chi connectivity index (χ0n) is 14.3. The molecule has 0 unspecified atom stereocenters. The minimum Gasteiger partial charge on any atom is -0.486 e. The van der Waals surface area contributed by atoms with Crippen LogP contribution in [0.25, 0.3) is 0 Å². The zero-order chi connectivity index (χ0) is 18.6. The van der Waals surface area contributed by atoms with E-state index in [1.165, 1.54) is 19.2 Å². The summed E-state index contributed by atoms with van der Waals surface area (Å²) >= 11 is 0. The van der Waals surface area contributed by atoms with Crippen molar-refractivity contribution in [2.24, 2.45) is 0 Å². The van der Waals surface area contributed by atoms with Gasteiger partial charge in [-0.25, -0.2) is 13.1 Å². The molecular formula is C18H20N2O5S. The summed E-state index contributed by atoms with van der Waals surface area (Å²) < 4.78 is 36.6. The van der Waals surface area contributed by atoms with Crippen LogP contribution < -0.4 is 19.5 Å². The molecular weight excluding hydrogens is 356 g/mol. The first-order valence-corrected chi connectivity index (χ1v) is 9.64. The minimum absolute atomic E-state index is 0.131. The number of carbonyl (C=O) groups is 1. The van der Waals surface area contributed by atoms with E-state index in [-0.39, 0.29) is 17.2 Å². The van der Waals surface area contributed by atoms with E-state index >= 15 is 0 Å². The molecule has 8 heteroatoms. The van der Waals surface area contributed by atoms with E-state index < -0.39 is 10.0 Å². The van der Waals surface area contributed by atoms with Crippen LogP contribution in [0.3, 0.4) is 0 Å². The van der Waals surface area contributed by atoms with Gasteiger partial charge in [0.25, 0.3) is 0 Å². The van der Waals surface area contributed by atoms with E-state index in [4.69, 9.17) is 9.47 Å². The number of rotatable bonds is 6. The molecule has 2 aromatic rings. The molecule has 3 rings (SSSR count). The van der Waals surface area contributed by atoms with Gasteiger partial charge in [0.2, 0.25) is 15.9 Å². The summed E-state index contributed by atoms with van der Waals surface area (Å²) in [5.74, 6) is 1.22. The van der Waals surface area contributed by atoms with Crippen molar-refractivity contribution >= 4 is 15.9 Å². The summed E-state index contributed by atoms with van der Waals surface area (Å²) in [6.07, 6.45) is 0.225. The number of amides is 1. The molecule has 0 bridgehead atoms. The number of fused-ring (bicyclic) bond motifs is 1. The Morgan fingerprint density at radius 2 is 1.65 bits per heavy atom. The van der Waals surface area contributed by atoms with E-state index in [1.807, 2.05) is 12.1 Å². The van der Waals surface area contributed by atoms with Crippen LogP contribution in [0.15, 0.2) is 47.4 Å². The maximum Gasteiger partial charge on any atom is 0.240 e. The predicted octanol–water partition coefficient (Wildman–Crippen LogP) is 1.22. The maximum absolute atomic E-state index is 12.1. The molecule has 1 amide bonds. The van der Waals surface area contributed by atoms with Crippen LogP contribution in [-0.2, 0) is 27.8 Å². The highest BCUT2D eigenvalue weighted by molar-refractivity contribution is 7.89. The molecule has 7 nitrogen and oxygen atoms in total. The summed E-state index contributed by atoms with van der Waals surface area (Å²) in [6, 6.07) is 11.8. The largest absolute Gasteiger partial charge is 0.486 e. The third kappa shape index (κ3) is 4.33. The lowest BCUT2D eigenvalue weighted by atomic mass is 10.1. The molecule has 0 radical (unpaired) electrons. The van der Waals surface area contributed by atoms with Crippen LogP contribution in [0.1, 0.15) is 11.1 Å². The molecule has 0 saturated carbocycles. The van der Waals surface area contributed by atoms with Gasteiger partial charge in [0, 0.05) is 6.54 Å². The molecule has 0 aromatic heterocycles. The van der Waals surface area contributed by atoms with E-state index in [1.54, 1.807) is 18.2 Å². The molecule has 2 aromatic carbocycles. The van der Waals surface area contributed by atoms with Crippen molar-refractivity contribution in [1.82, 2.24) is 10.0 Å². The average Bonchev–Trinajstić information content (AvgIpc) is 2.66. The molecule has 26 heavy (non-hydrogen) atoms. The standard InChI is InChI=1S/C18H20N2O5S/c1-19-26(22,23)15-5-2-13(3-6-15)12-20-18(21)11-14-4-7-16-17(10-14)25-9-8-24-16/h2-7,10,19H,8-9,11-12H2,1H3,(H,20,21). The Bertz CT molecular complexity index is 894. The molecule has 0 saturated heterocycles. The van der Waals surface area contributed by atoms with Gasteiger partial charge >= 0.3 is 0 Å². The van der Waals surface area contributed by atoms with Crippen molar-refractivity contribution in [3.8, 4) is 11.5 Å². The molecule has 1 aliphatic rings. The molecule has 1 heterocycles. The molecule has 2 N–H and O–H groups in total. The first-order chi connectivity index (χ1) is 12.5. The third-order valence-corrected chi connectivity index (χ3v) is 5.39. The molecule has 138 valence electrons. The van der Waals surface area contributed by atoms with Crippen molar-refractivity contribution in [3.05, 3.63) is 53.6 Å². The number of carbonyl (C=O) groups excluding carboxylic acids is 1. The SMILES string of the molecule is CNS(=O)(=O)c1ccc(CNC(=O)Cc2ccc3c(c2)OCCO3)cc1. The molecule has 0 atom stereocenters. The number of hydrogen-bond donors (Lipinski definition) is 2. The highest BCUT2D eigenvalue weighted by Crippen LogP contribution is 2.30. The van der Waals surface area contributed by atoms with Crippen molar-refractivity contribution in [1.29, 1.82) is 0 Å². The van der Waals surface area contributed by atoms with Crippen molar-refractivity contribution < 1.29 is 22.7 Å². The van der Waals surface area contributed by atoms with Crippen LogP contribution in [0.2, 0.25) is 0 Å². The van der Waals surface area contributed by atoms with E-state index in [2.05, 4.69) is 10.0 Å². The lowest BCUT2D eigenvalue weighted by Crippen LogP contribution is -2.25. The number of sulfonamides is 1. The van der Waals surface area contributed by atoms with Crippen molar-refractivity contribution in [2.45, 2.75) is 17.9 Å². The first kappa shape index (κ1) is 18.2. The topological polar surface area (TPSA) is 93.7 Å². The van der Waals surface area contributed by atoms with Crippen LogP contribution in [-0.4, -0.2) is 34.6 Å². The zero-order valence-corrected chi connectivity index (χ0v) is 15.1. The van der Waals surface area contributed by atoms with Gasteiger partial charge in [0.1, 0.15) is 13.2 Å². The van der Waals surface area contributed by atoms with E-state index in [0.29, 0.717) is 31.3 Å². The fourth-order valence-corrected chi connectivity index (χ4v) is 3.28. The van der Waals surface area contributed by atoms with Gasteiger partial charge in [-0.3, -0.25) is 4.79 Å². The monoisotopic (exact) mass is 376 g/mol. The summed E-state index contributed by atoms with van der Waals surface area (Å²) in [5, 5.41) is 2.82. The van der Waals surface area contributed by atoms with Gasteiger partial charge in [-0.2, -0.15) is 0 Å². The lowest BCUT2D eigenvalue weighted by molar-refractivity contribution is -0.120. The van der Waals surface area contributed by atoms with Gasteiger partial charge in [0.15, 0.2) is 11.5 Å². The number of nitrogens with one attached hydrogen (secondary N) is 2. The van der Waals surface area contributed by atoms with Crippen LogP contribution in [0, 0.1) is 0 Å². The summed E-state index contributed by atoms with van der Waals surface area (Å²) in [6.45, 7) is 1.35. The minimum atomic E-state index is -3.45. The van der Waals surface area contributed by atoms with Gasteiger partial charge < -0.3 is 14.8 Å². The molecule has 0 fully saturated rings. The molecule has 1 aliphatic heterocycles. The average molecular weight is 376 g/mol. The van der Waals surface area contributed by atoms with E-state index in [9.17, 15) is 13.2 Å². The Balaban J connectivity index is 1.56. The van der Waals surface area contributed by atoms with Crippen LogP contribution in [0.5, 0.6) is 11.5 Å². The Hall–Kier alpha value is -2.58. The van der Waals surface area contributed by atoms with Crippen LogP contribution >= 0.6 is 0 Å². The second-order valence-corrected chi connectivity index (χ2v) is 7.67. The second kappa shape index (κ2) is 7.76.